The Morgan fingerprint density at radius 3 is 2.19 bits per heavy atom. The Hall–Kier alpha value is -3.35. The van der Waals surface area contributed by atoms with Crippen molar-refractivity contribution in [1.29, 1.82) is 0 Å². The molecular formula is C19H21N3O4. The molecule has 0 radical (unpaired) electrons. The Bertz CT molecular complexity index is 788. The molecule has 26 heavy (non-hydrogen) atoms. The summed E-state index contributed by atoms with van der Waals surface area (Å²) in [7, 11) is 1.58. The molecule has 0 aliphatic rings. The van der Waals surface area contributed by atoms with Crippen LogP contribution in [0.2, 0.25) is 0 Å². The predicted octanol–water partition coefficient (Wildman–Crippen LogP) is 2.30. The molecule has 0 heterocycles. The fraction of sp³-hybridized carbons (Fsp3) is 0.211. The number of carbonyl (C=O) groups is 3. The van der Waals surface area contributed by atoms with E-state index in [0.717, 1.165) is 11.3 Å². The van der Waals surface area contributed by atoms with Crippen molar-refractivity contribution < 1.29 is 19.1 Å². The maximum atomic E-state index is 12.0. The lowest BCUT2D eigenvalue weighted by Gasteiger charge is -2.09. The summed E-state index contributed by atoms with van der Waals surface area (Å²) in [6.07, 6.45) is -0.291. The van der Waals surface area contributed by atoms with Gasteiger partial charge in [-0.15, -0.1) is 0 Å². The largest absolute Gasteiger partial charge is 0.497 e. The maximum Gasteiger partial charge on any atom is 0.233 e. The molecule has 0 atom stereocenters. The van der Waals surface area contributed by atoms with Crippen molar-refractivity contribution in [2.45, 2.75) is 19.9 Å². The van der Waals surface area contributed by atoms with Crippen LogP contribution >= 0.6 is 0 Å². The smallest absolute Gasteiger partial charge is 0.233 e. The normalized spacial score (nSPS) is 9.92. The highest BCUT2D eigenvalue weighted by atomic mass is 16.5. The first kappa shape index (κ1) is 19.0. The van der Waals surface area contributed by atoms with E-state index in [4.69, 9.17) is 4.74 Å². The van der Waals surface area contributed by atoms with Crippen LogP contribution in [0.4, 0.5) is 11.4 Å². The van der Waals surface area contributed by atoms with Gasteiger partial charge >= 0.3 is 0 Å². The van der Waals surface area contributed by atoms with E-state index in [1.807, 2.05) is 12.1 Å². The molecular weight excluding hydrogens is 334 g/mol. The minimum Gasteiger partial charge on any atom is -0.497 e. The molecule has 2 rings (SSSR count). The van der Waals surface area contributed by atoms with Gasteiger partial charge in [-0.3, -0.25) is 14.4 Å². The van der Waals surface area contributed by atoms with Crippen molar-refractivity contribution in [2.75, 3.05) is 17.7 Å². The topological polar surface area (TPSA) is 96.5 Å². The van der Waals surface area contributed by atoms with Crippen LogP contribution in [0.15, 0.2) is 48.5 Å². The van der Waals surface area contributed by atoms with Crippen molar-refractivity contribution in [2.24, 2.45) is 0 Å². The number of nitrogens with one attached hydrogen (secondary N) is 3. The van der Waals surface area contributed by atoms with Gasteiger partial charge in [-0.25, -0.2) is 0 Å². The summed E-state index contributed by atoms with van der Waals surface area (Å²) < 4.78 is 5.07. The van der Waals surface area contributed by atoms with Gasteiger partial charge in [0, 0.05) is 24.8 Å². The van der Waals surface area contributed by atoms with E-state index in [-0.39, 0.29) is 18.2 Å². The lowest BCUT2D eigenvalue weighted by molar-refractivity contribution is -0.127. The Morgan fingerprint density at radius 2 is 1.58 bits per heavy atom. The Morgan fingerprint density at radius 1 is 0.923 bits per heavy atom. The van der Waals surface area contributed by atoms with Gasteiger partial charge in [-0.05, 0) is 35.9 Å². The number of rotatable bonds is 7. The summed E-state index contributed by atoms with van der Waals surface area (Å²) >= 11 is 0. The van der Waals surface area contributed by atoms with Gasteiger partial charge in [0.2, 0.25) is 17.7 Å². The number of amides is 3. The third-order valence-corrected chi connectivity index (χ3v) is 3.44. The van der Waals surface area contributed by atoms with Crippen LogP contribution in [0.3, 0.4) is 0 Å². The molecule has 0 unspecified atom stereocenters. The second-order valence-corrected chi connectivity index (χ2v) is 5.61. The second kappa shape index (κ2) is 9.22. The average Bonchev–Trinajstić information content (AvgIpc) is 2.60. The predicted molar refractivity (Wildman–Crippen MR) is 98.8 cm³/mol. The molecule has 0 aliphatic carbocycles. The summed E-state index contributed by atoms with van der Waals surface area (Å²) in [5.41, 5.74) is 1.98. The number of benzene rings is 2. The van der Waals surface area contributed by atoms with E-state index < -0.39 is 5.91 Å². The lowest BCUT2D eigenvalue weighted by atomic mass is 10.2. The Labute approximate surface area is 151 Å². The fourth-order valence-corrected chi connectivity index (χ4v) is 2.24. The fourth-order valence-electron chi connectivity index (χ4n) is 2.24. The number of ether oxygens (including phenoxy) is 1. The number of hydrogen-bond donors (Lipinski definition) is 3. The third-order valence-electron chi connectivity index (χ3n) is 3.44. The Balaban J connectivity index is 1.81. The van der Waals surface area contributed by atoms with Crippen LogP contribution < -0.4 is 20.7 Å². The Kier molecular flexibility index (Phi) is 6.73. The van der Waals surface area contributed by atoms with E-state index in [1.54, 1.807) is 43.5 Å². The first-order valence-corrected chi connectivity index (χ1v) is 8.03. The summed E-state index contributed by atoms with van der Waals surface area (Å²) in [5, 5.41) is 7.95. The second-order valence-electron chi connectivity index (χ2n) is 5.61. The van der Waals surface area contributed by atoms with Crippen molar-refractivity contribution >= 4 is 29.1 Å². The number of methoxy groups -OCH3 is 1. The monoisotopic (exact) mass is 355 g/mol. The zero-order chi connectivity index (χ0) is 18.9. The molecule has 3 N–H and O–H groups in total. The van der Waals surface area contributed by atoms with Crippen LogP contribution in [-0.2, 0) is 20.9 Å². The molecule has 7 nitrogen and oxygen atoms in total. The molecule has 2 aromatic rings. The molecule has 0 fully saturated rings. The van der Waals surface area contributed by atoms with Crippen LogP contribution in [-0.4, -0.2) is 24.8 Å². The van der Waals surface area contributed by atoms with Crippen molar-refractivity contribution in [3.05, 3.63) is 54.1 Å². The molecule has 0 spiro atoms. The summed E-state index contributed by atoms with van der Waals surface area (Å²) in [4.78, 5) is 34.9. The standard InChI is InChI=1S/C19H21N3O4/c1-13(23)21-15-4-3-5-16(10-15)22-19(25)11-18(24)20-12-14-6-8-17(26-2)9-7-14/h3-10H,11-12H2,1-2H3,(H,20,24)(H,21,23)(H,22,25). The maximum absolute atomic E-state index is 12.0. The van der Waals surface area contributed by atoms with Gasteiger partial charge in [0.05, 0.1) is 7.11 Å². The molecule has 7 heteroatoms. The molecule has 0 aliphatic heterocycles. The van der Waals surface area contributed by atoms with Crippen LogP contribution in [0, 0.1) is 0 Å². The highest BCUT2D eigenvalue weighted by Gasteiger charge is 2.10. The average molecular weight is 355 g/mol. The minimum atomic E-state index is -0.433. The third kappa shape index (κ3) is 6.27. The molecule has 0 saturated carbocycles. The van der Waals surface area contributed by atoms with E-state index in [2.05, 4.69) is 16.0 Å². The van der Waals surface area contributed by atoms with Gasteiger partial charge in [-0.2, -0.15) is 0 Å². The highest BCUT2D eigenvalue weighted by Crippen LogP contribution is 2.15. The highest BCUT2D eigenvalue weighted by molar-refractivity contribution is 6.03. The van der Waals surface area contributed by atoms with Gasteiger partial charge in [0.15, 0.2) is 0 Å². The van der Waals surface area contributed by atoms with E-state index >= 15 is 0 Å². The molecule has 0 bridgehead atoms. The summed E-state index contributed by atoms with van der Waals surface area (Å²) in [6.45, 7) is 1.73. The minimum absolute atomic E-state index is 0.202. The van der Waals surface area contributed by atoms with Gasteiger partial charge in [0.25, 0.3) is 0 Å². The summed E-state index contributed by atoms with van der Waals surface area (Å²) in [5.74, 6) is -0.277. The zero-order valence-electron chi connectivity index (χ0n) is 14.7. The van der Waals surface area contributed by atoms with Gasteiger partial charge < -0.3 is 20.7 Å². The van der Waals surface area contributed by atoms with Crippen molar-refractivity contribution in [1.82, 2.24) is 5.32 Å². The molecule has 3 amide bonds. The van der Waals surface area contributed by atoms with Crippen molar-refractivity contribution in [3.8, 4) is 5.75 Å². The molecule has 0 saturated heterocycles. The number of anilines is 2. The quantitative estimate of drug-likeness (QED) is 0.664. The first-order chi connectivity index (χ1) is 12.5. The number of hydrogen-bond acceptors (Lipinski definition) is 4. The first-order valence-electron chi connectivity index (χ1n) is 8.03. The van der Waals surface area contributed by atoms with Crippen LogP contribution in [0.5, 0.6) is 5.75 Å². The number of carbonyl (C=O) groups excluding carboxylic acids is 3. The SMILES string of the molecule is COc1ccc(CNC(=O)CC(=O)Nc2cccc(NC(C)=O)c2)cc1. The molecule has 0 aromatic heterocycles. The van der Waals surface area contributed by atoms with Crippen molar-refractivity contribution in [3.63, 3.8) is 0 Å². The molecule has 2 aromatic carbocycles. The van der Waals surface area contributed by atoms with Crippen LogP contribution in [0.25, 0.3) is 0 Å². The zero-order valence-corrected chi connectivity index (χ0v) is 14.7. The van der Waals surface area contributed by atoms with E-state index in [1.165, 1.54) is 6.92 Å². The van der Waals surface area contributed by atoms with E-state index in [0.29, 0.717) is 17.9 Å². The van der Waals surface area contributed by atoms with Gasteiger partial charge in [0.1, 0.15) is 12.2 Å². The van der Waals surface area contributed by atoms with Crippen LogP contribution in [0.1, 0.15) is 18.9 Å². The summed E-state index contributed by atoms with van der Waals surface area (Å²) in [6, 6.07) is 14.0. The van der Waals surface area contributed by atoms with Gasteiger partial charge in [-0.1, -0.05) is 18.2 Å². The molecule has 136 valence electrons. The van der Waals surface area contributed by atoms with E-state index in [9.17, 15) is 14.4 Å². The lowest BCUT2D eigenvalue weighted by Crippen LogP contribution is -2.27.